The molecule has 4 nitrogen and oxygen atoms in total. The molecule has 0 aromatic heterocycles. The van der Waals surface area contributed by atoms with Crippen molar-refractivity contribution in [3.8, 4) is 0 Å². The second kappa shape index (κ2) is 6.52. The Hall–Kier alpha value is -1.62. The summed E-state index contributed by atoms with van der Waals surface area (Å²) in [5.74, 6) is -1.23. The van der Waals surface area contributed by atoms with E-state index < -0.39 is 11.5 Å². The minimum atomic E-state index is -1.15. The molecule has 5 heteroatoms. The number of carboxylic acids is 1. The second-order valence-corrected chi connectivity index (χ2v) is 4.82. The quantitative estimate of drug-likeness (QED) is 0.796. The minimum absolute atomic E-state index is 0.269. The van der Waals surface area contributed by atoms with E-state index >= 15 is 0 Å². The summed E-state index contributed by atoms with van der Waals surface area (Å²) in [7, 11) is 1.89. The summed E-state index contributed by atoms with van der Waals surface area (Å²) >= 11 is 0. The summed E-state index contributed by atoms with van der Waals surface area (Å²) in [5.41, 5.74) is 5.57. The van der Waals surface area contributed by atoms with E-state index in [1.807, 2.05) is 11.9 Å². The SMILES string of the molecule is CCC(N)(CCCN(C)c1ccc(F)cc1)C(=O)O. The van der Waals surface area contributed by atoms with Gasteiger partial charge in [0.15, 0.2) is 0 Å². The van der Waals surface area contributed by atoms with E-state index in [9.17, 15) is 9.18 Å². The fraction of sp³-hybridized carbons (Fsp3) is 0.500. The molecule has 0 spiro atoms. The molecule has 0 bridgehead atoms. The monoisotopic (exact) mass is 268 g/mol. The Kier molecular flexibility index (Phi) is 5.30. The van der Waals surface area contributed by atoms with Gasteiger partial charge >= 0.3 is 5.97 Å². The third-order valence-corrected chi connectivity index (χ3v) is 3.44. The van der Waals surface area contributed by atoms with Crippen molar-refractivity contribution in [3.05, 3.63) is 30.1 Å². The van der Waals surface area contributed by atoms with Crippen LogP contribution in [0.25, 0.3) is 0 Å². The summed E-state index contributed by atoms with van der Waals surface area (Å²) < 4.78 is 12.8. The first-order chi connectivity index (χ1) is 8.89. The van der Waals surface area contributed by atoms with Gasteiger partial charge in [-0.05, 0) is 43.5 Å². The number of aliphatic carboxylic acids is 1. The van der Waals surface area contributed by atoms with E-state index in [1.54, 1.807) is 19.1 Å². The van der Waals surface area contributed by atoms with Crippen LogP contribution in [0.2, 0.25) is 0 Å². The summed E-state index contributed by atoms with van der Waals surface area (Å²) in [4.78, 5) is 13.0. The van der Waals surface area contributed by atoms with Crippen LogP contribution >= 0.6 is 0 Å². The first-order valence-corrected chi connectivity index (χ1v) is 6.38. The Morgan fingerprint density at radius 2 is 2.00 bits per heavy atom. The summed E-state index contributed by atoms with van der Waals surface area (Å²) in [6.45, 7) is 2.45. The molecule has 0 aliphatic carbocycles. The van der Waals surface area contributed by atoms with Crippen LogP contribution in [0.15, 0.2) is 24.3 Å². The second-order valence-electron chi connectivity index (χ2n) is 4.82. The van der Waals surface area contributed by atoms with Crippen LogP contribution in [-0.4, -0.2) is 30.2 Å². The summed E-state index contributed by atoms with van der Waals surface area (Å²) in [6.07, 6.45) is 1.50. The van der Waals surface area contributed by atoms with Gasteiger partial charge < -0.3 is 15.7 Å². The van der Waals surface area contributed by atoms with Gasteiger partial charge in [0, 0.05) is 19.3 Å². The zero-order valence-electron chi connectivity index (χ0n) is 11.4. The van der Waals surface area contributed by atoms with Crippen molar-refractivity contribution >= 4 is 11.7 Å². The molecule has 0 fully saturated rings. The number of carbonyl (C=O) groups is 1. The molecule has 1 atom stereocenters. The Morgan fingerprint density at radius 1 is 1.42 bits per heavy atom. The highest BCUT2D eigenvalue weighted by Gasteiger charge is 2.31. The van der Waals surface area contributed by atoms with E-state index in [4.69, 9.17) is 10.8 Å². The maximum absolute atomic E-state index is 12.8. The van der Waals surface area contributed by atoms with Crippen molar-refractivity contribution in [1.29, 1.82) is 0 Å². The molecule has 1 aromatic rings. The van der Waals surface area contributed by atoms with Crippen molar-refractivity contribution in [3.63, 3.8) is 0 Å². The van der Waals surface area contributed by atoms with Crippen LogP contribution in [0, 0.1) is 5.82 Å². The van der Waals surface area contributed by atoms with Gasteiger partial charge in [-0.1, -0.05) is 6.92 Å². The normalized spacial score (nSPS) is 13.9. The lowest BCUT2D eigenvalue weighted by atomic mass is 9.92. The number of rotatable bonds is 7. The number of nitrogens with zero attached hydrogens (tertiary/aromatic N) is 1. The molecule has 1 rings (SSSR count). The largest absolute Gasteiger partial charge is 0.480 e. The van der Waals surface area contributed by atoms with Crippen molar-refractivity contribution in [2.75, 3.05) is 18.5 Å². The van der Waals surface area contributed by atoms with Gasteiger partial charge in [0.2, 0.25) is 0 Å². The predicted molar refractivity (Wildman–Crippen MR) is 73.7 cm³/mol. The molecule has 3 N–H and O–H groups in total. The highest BCUT2D eigenvalue weighted by Crippen LogP contribution is 2.17. The lowest BCUT2D eigenvalue weighted by Crippen LogP contribution is -2.47. The maximum atomic E-state index is 12.8. The van der Waals surface area contributed by atoms with Crippen LogP contribution < -0.4 is 10.6 Å². The number of hydrogen-bond acceptors (Lipinski definition) is 3. The van der Waals surface area contributed by atoms with E-state index in [1.165, 1.54) is 12.1 Å². The first-order valence-electron chi connectivity index (χ1n) is 6.38. The van der Waals surface area contributed by atoms with Crippen molar-refractivity contribution in [2.24, 2.45) is 5.73 Å². The van der Waals surface area contributed by atoms with Gasteiger partial charge in [0.1, 0.15) is 11.4 Å². The first kappa shape index (κ1) is 15.4. The van der Waals surface area contributed by atoms with E-state index in [0.29, 0.717) is 25.8 Å². The van der Waals surface area contributed by atoms with E-state index in [-0.39, 0.29) is 5.82 Å². The molecule has 0 amide bonds. The Labute approximate surface area is 113 Å². The minimum Gasteiger partial charge on any atom is -0.480 e. The van der Waals surface area contributed by atoms with Gasteiger partial charge in [-0.3, -0.25) is 4.79 Å². The highest BCUT2D eigenvalue weighted by molar-refractivity contribution is 5.78. The molecule has 1 aromatic carbocycles. The van der Waals surface area contributed by atoms with Crippen LogP contribution in [0.4, 0.5) is 10.1 Å². The third kappa shape index (κ3) is 4.21. The average Bonchev–Trinajstić information content (AvgIpc) is 2.38. The Bertz CT molecular complexity index is 422. The van der Waals surface area contributed by atoms with Crippen LogP contribution in [0.3, 0.4) is 0 Å². The molecule has 0 aliphatic heterocycles. The number of nitrogens with two attached hydrogens (primary N) is 1. The molecular weight excluding hydrogens is 247 g/mol. The van der Waals surface area contributed by atoms with Crippen LogP contribution in [-0.2, 0) is 4.79 Å². The third-order valence-electron chi connectivity index (χ3n) is 3.44. The molecule has 0 saturated carbocycles. The molecule has 1 unspecified atom stereocenters. The van der Waals surface area contributed by atoms with Crippen LogP contribution in [0.1, 0.15) is 26.2 Å². The topological polar surface area (TPSA) is 66.6 Å². The fourth-order valence-electron chi connectivity index (χ4n) is 1.89. The zero-order chi connectivity index (χ0) is 14.5. The molecule has 0 heterocycles. The van der Waals surface area contributed by atoms with Gasteiger partial charge in [-0.15, -0.1) is 0 Å². The van der Waals surface area contributed by atoms with E-state index in [2.05, 4.69) is 0 Å². The van der Waals surface area contributed by atoms with Crippen molar-refractivity contribution < 1.29 is 14.3 Å². The summed E-state index contributed by atoms with van der Waals surface area (Å²) in [6, 6.07) is 6.20. The molecule has 0 radical (unpaired) electrons. The molecule has 0 aliphatic rings. The molecule has 106 valence electrons. The standard InChI is InChI=1S/C14H21FN2O2/c1-3-14(16,13(18)19)9-4-10-17(2)12-7-5-11(15)6-8-12/h5-8H,3-4,9-10,16H2,1-2H3,(H,18,19). The van der Waals surface area contributed by atoms with Gasteiger partial charge in [-0.2, -0.15) is 0 Å². The average molecular weight is 268 g/mol. The molecule has 0 saturated heterocycles. The number of carboxylic acid groups (broad SMARTS) is 1. The lowest BCUT2D eigenvalue weighted by Gasteiger charge is -2.25. The zero-order valence-corrected chi connectivity index (χ0v) is 11.4. The van der Waals surface area contributed by atoms with E-state index in [0.717, 1.165) is 5.69 Å². The lowest BCUT2D eigenvalue weighted by molar-refractivity contribution is -0.143. The molecular formula is C14H21FN2O2. The highest BCUT2D eigenvalue weighted by atomic mass is 19.1. The smallest absolute Gasteiger partial charge is 0.323 e. The van der Waals surface area contributed by atoms with Gasteiger partial charge in [-0.25, -0.2) is 4.39 Å². The Morgan fingerprint density at radius 3 is 2.47 bits per heavy atom. The van der Waals surface area contributed by atoms with Crippen molar-refractivity contribution in [2.45, 2.75) is 31.7 Å². The van der Waals surface area contributed by atoms with Gasteiger partial charge in [0.05, 0.1) is 0 Å². The summed E-state index contributed by atoms with van der Waals surface area (Å²) in [5, 5.41) is 9.07. The van der Waals surface area contributed by atoms with Crippen molar-refractivity contribution in [1.82, 2.24) is 0 Å². The maximum Gasteiger partial charge on any atom is 0.323 e. The van der Waals surface area contributed by atoms with Gasteiger partial charge in [0.25, 0.3) is 0 Å². The molecule has 19 heavy (non-hydrogen) atoms. The predicted octanol–water partition coefficient (Wildman–Crippen LogP) is 2.23. The fourth-order valence-corrected chi connectivity index (χ4v) is 1.89. The number of benzene rings is 1. The van der Waals surface area contributed by atoms with Crippen LogP contribution in [0.5, 0.6) is 0 Å². The number of halogens is 1. The number of anilines is 1. The Balaban J connectivity index is 2.49. The number of hydrogen-bond donors (Lipinski definition) is 2.